The Kier molecular flexibility index (Phi) is 9.59. The van der Waals surface area contributed by atoms with Crippen molar-refractivity contribution in [2.45, 2.75) is 38.1 Å². The molecule has 84 heavy (non-hydrogen) atoms. The zero-order valence-corrected chi connectivity index (χ0v) is 46.1. The minimum atomic E-state index is 0.0841. The lowest BCUT2D eigenvalue weighted by Crippen LogP contribution is -2.38. The molecule has 3 aliphatic rings. The second-order valence-corrected chi connectivity index (χ2v) is 23.3. The molecule has 0 aliphatic heterocycles. The van der Waals surface area contributed by atoms with E-state index in [1.54, 1.807) is 0 Å². The van der Waals surface area contributed by atoms with E-state index in [4.69, 9.17) is 0 Å². The number of para-hydroxylation sites is 6. The third-order valence-corrected chi connectivity index (χ3v) is 18.9. The maximum atomic E-state index is 2.58. The fourth-order valence-corrected chi connectivity index (χ4v) is 15.5. The molecule has 6 heterocycles. The topological polar surface area (TPSA) is 25.2 Å². The Morgan fingerprint density at radius 2 is 0.929 bits per heavy atom. The minimum absolute atomic E-state index is 0.0841. The number of fused-ring (bicyclic) bond motifs is 18. The van der Waals surface area contributed by atoms with Gasteiger partial charge in [-0.15, -0.1) is 0 Å². The molecule has 0 fully saturated rings. The molecule has 1 unspecified atom stereocenters. The summed E-state index contributed by atoms with van der Waals surface area (Å²) in [6.45, 7) is 0. The van der Waals surface area contributed by atoms with E-state index in [0.29, 0.717) is 0 Å². The minimum Gasteiger partial charge on any atom is -0.334 e. The molecule has 3 aliphatic carbocycles. The lowest BCUT2D eigenvalue weighted by Gasteiger charge is -2.32. The summed E-state index contributed by atoms with van der Waals surface area (Å²) in [6.07, 6.45) is 21.8. The van der Waals surface area contributed by atoms with Crippen molar-refractivity contribution in [2.24, 2.45) is 0 Å². The van der Waals surface area contributed by atoms with Crippen LogP contribution < -0.4 is 20.4 Å². The summed E-state index contributed by atoms with van der Waals surface area (Å²) < 4.78 is 10.0. The van der Waals surface area contributed by atoms with Crippen LogP contribution in [0.2, 0.25) is 0 Å². The van der Waals surface area contributed by atoms with Gasteiger partial charge in [0.1, 0.15) is 0 Å². The molecular weight excluding hydrogens is 1020 g/mol. The molecule has 6 aromatic heterocycles. The maximum Gasteiger partial charge on any atom is 0.0620 e. The van der Waals surface area contributed by atoms with Gasteiger partial charge < -0.3 is 27.7 Å². The highest BCUT2D eigenvalue weighted by atomic mass is 15.2. The number of anilines is 4. The number of aromatic nitrogens is 4. The van der Waals surface area contributed by atoms with E-state index in [2.05, 4.69) is 289 Å². The number of hydrogen-bond donors (Lipinski definition) is 0. The van der Waals surface area contributed by atoms with E-state index in [1.165, 1.54) is 154 Å². The average Bonchev–Trinajstić information content (AvgIpc) is 1.84. The number of allylic oxidation sites excluding steroid dienone is 4. The molecule has 10 aromatic carbocycles. The Hall–Kier alpha value is -10.6. The number of nitrogens with zero attached hydrogens (tertiary/aromatic N) is 6. The lowest BCUT2D eigenvalue weighted by atomic mass is 10.0. The highest BCUT2D eigenvalue weighted by Gasteiger charge is 2.28. The Morgan fingerprint density at radius 1 is 0.369 bits per heavy atom. The maximum absolute atomic E-state index is 2.58. The Bertz CT molecular complexity index is 5650. The standard InChI is InChI=1S/C78H54N6/c1-5-19-49(20-6-1)79(53-35-39-71-63(43-53)57-27-13-15-33-69(57)81(71)51-23-9-3-10-24-51)55-37-41-73-65(45-55)59-29-17-31-61-67-48-76-68(47-75(67)83(73)77(59)61)62-32-18-30-60-66-46-56(38-42-74(66)84(76)78(60)62)80(50-21-7-2-8-22-50)54-36-40-72-64(44-54)58-28-14-16-34-70(58)82(72)52-25-11-4-12-26-52/h1,3-7,9-15,17-33,35-36,38-48,55H,2,8,16,34,37H2. The molecule has 6 nitrogen and oxygen atoms in total. The molecule has 0 saturated carbocycles. The molecule has 19 rings (SSSR count). The molecular formula is C78H54N6. The zero-order chi connectivity index (χ0) is 54.7. The van der Waals surface area contributed by atoms with Crippen LogP contribution in [-0.4, -0.2) is 24.0 Å². The van der Waals surface area contributed by atoms with Gasteiger partial charge in [0.15, 0.2) is 0 Å². The summed E-state index contributed by atoms with van der Waals surface area (Å²) in [5.74, 6) is 0. The number of hydrogen-bond acceptors (Lipinski definition) is 2. The van der Waals surface area contributed by atoms with Gasteiger partial charge in [-0.05, 0) is 147 Å². The second-order valence-electron chi connectivity index (χ2n) is 23.3. The third kappa shape index (κ3) is 6.39. The average molecular weight is 1080 g/mol. The van der Waals surface area contributed by atoms with E-state index in [0.717, 1.165) is 37.8 Å². The Labute approximate surface area is 483 Å². The van der Waals surface area contributed by atoms with E-state index in [1.807, 2.05) is 0 Å². The van der Waals surface area contributed by atoms with Crippen molar-refractivity contribution in [3.8, 4) is 11.4 Å². The number of benzene rings is 10. The van der Waals surface area contributed by atoms with Crippen molar-refractivity contribution in [1.82, 2.24) is 17.9 Å². The first-order valence-corrected chi connectivity index (χ1v) is 29.8. The summed E-state index contributed by atoms with van der Waals surface area (Å²) in [5.41, 5.74) is 21.0. The fraction of sp³-hybridized carbons (Fsp3) is 0.0769. The van der Waals surface area contributed by atoms with Crippen molar-refractivity contribution in [1.29, 1.82) is 0 Å². The smallest absolute Gasteiger partial charge is 0.0620 e. The van der Waals surface area contributed by atoms with Gasteiger partial charge in [-0.1, -0.05) is 146 Å². The van der Waals surface area contributed by atoms with Crippen LogP contribution in [0, 0.1) is 0 Å². The van der Waals surface area contributed by atoms with Gasteiger partial charge in [0.25, 0.3) is 0 Å². The van der Waals surface area contributed by atoms with Gasteiger partial charge in [0, 0.05) is 116 Å². The quantitative estimate of drug-likeness (QED) is 0.152. The molecule has 0 bridgehead atoms. The summed E-state index contributed by atoms with van der Waals surface area (Å²) in [7, 11) is 0. The molecule has 0 saturated heterocycles. The Balaban J connectivity index is 0.755. The highest BCUT2D eigenvalue weighted by molar-refractivity contribution is 6.27. The molecule has 1 atom stereocenters. The van der Waals surface area contributed by atoms with Crippen molar-refractivity contribution in [3.05, 3.63) is 270 Å². The SMILES string of the molecule is C1=CC(N(c2ccc3c(c2)c2c(n3-c3ccccc3)CCC=C2)c2ccc3c(c2)c2cccc4c5cc6c(cc5n3c24)c2cccc3c4c(n6c32)=CCC(N(c2ccccc2)c2ccc3c(c2)c2ccccc2n3-c2ccccc2)C=4)=CCC1. The predicted molar refractivity (Wildman–Crippen MR) is 353 cm³/mol. The summed E-state index contributed by atoms with van der Waals surface area (Å²) in [4.78, 5) is 5.05. The van der Waals surface area contributed by atoms with Crippen LogP contribution in [0.25, 0.3) is 128 Å². The van der Waals surface area contributed by atoms with Crippen LogP contribution in [0.15, 0.2) is 248 Å². The van der Waals surface area contributed by atoms with Crippen molar-refractivity contribution in [3.63, 3.8) is 0 Å². The summed E-state index contributed by atoms with van der Waals surface area (Å²) in [5, 5.41) is 15.4. The normalized spacial score (nSPS) is 15.2. The molecule has 0 spiro atoms. The highest BCUT2D eigenvalue weighted by Crippen LogP contribution is 2.46. The van der Waals surface area contributed by atoms with Gasteiger partial charge >= 0.3 is 0 Å². The van der Waals surface area contributed by atoms with E-state index in [9.17, 15) is 0 Å². The van der Waals surface area contributed by atoms with Crippen LogP contribution in [0.4, 0.5) is 22.7 Å². The first kappa shape index (κ1) is 46.1. The molecule has 6 heteroatoms. The zero-order valence-electron chi connectivity index (χ0n) is 46.1. The van der Waals surface area contributed by atoms with Crippen LogP contribution in [0.1, 0.15) is 36.9 Å². The molecule has 16 aromatic rings. The predicted octanol–water partition coefficient (Wildman–Crippen LogP) is 18.4. The molecule has 0 N–H and O–H groups in total. The van der Waals surface area contributed by atoms with Crippen LogP contribution in [0.3, 0.4) is 0 Å². The lowest BCUT2D eigenvalue weighted by molar-refractivity contribution is 0.835. The van der Waals surface area contributed by atoms with Gasteiger partial charge in [-0.3, -0.25) is 0 Å². The third-order valence-electron chi connectivity index (χ3n) is 18.9. The molecule has 396 valence electrons. The van der Waals surface area contributed by atoms with Gasteiger partial charge in [0.2, 0.25) is 0 Å². The van der Waals surface area contributed by atoms with Crippen molar-refractivity contribution in [2.75, 3.05) is 9.80 Å². The van der Waals surface area contributed by atoms with Gasteiger partial charge in [0.05, 0.1) is 50.2 Å². The first-order chi connectivity index (χ1) is 41.7. The second kappa shape index (κ2) is 17.5. The fourth-order valence-electron chi connectivity index (χ4n) is 15.5. The van der Waals surface area contributed by atoms with E-state index >= 15 is 0 Å². The van der Waals surface area contributed by atoms with Crippen LogP contribution in [-0.2, 0) is 6.42 Å². The number of rotatable bonds is 8. The summed E-state index contributed by atoms with van der Waals surface area (Å²) >= 11 is 0. The van der Waals surface area contributed by atoms with Crippen LogP contribution in [0.5, 0.6) is 0 Å². The monoisotopic (exact) mass is 1070 g/mol. The van der Waals surface area contributed by atoms with Gasteiger partial charge in [-0.2, -0.15) is 0 Å². The van der Waals surface area contributed by atoms with E-state index < -0.39 is 0 Å². The first-order valence-electron chi connectivity index (χ1n) is 29.8. The van der Waals surface area contributed by atoms with Crippen LogP contribution >= 0.6 is 0 Å². The van der Waals surface area contributed by atoms with Crippen molar-refractivity contribution >= 4 is 139 Å². The van der Waals surface area contributed by atoms with Gasteiger partial charge in [-0.25, -0.2) is 0 Å². The largest absolute Gasteiger partial charge is 0.334 e. The Morgan fingerprint density at radius 3 is 1.67 bits per heavy atom. The van der Waals surface area contributed by atoms with Crippen molar-refractivity contribution < 1.29 is 0 Å². The molecule has 0 radical (unpaired) electrons. The summed E-state index contributed by atoms with van der Waals surface area (Å²) in [6, 6.07) is 81.8. The van der Waals surface area contributed by atoms with E-state index in [-0.39, 0.29) is 6.04 Å². The molecule has 0 amide bonds.